The van der Waals surface area contributed by atoms with Crippen LogP contribution in [0.4, 0.5) is 0 Å². The number of amides is 1. The van der Waals surface area contributed by atoms with Crippen molar-refractivity contribution in [1.29, 1.82) is 0 Å². The Kier molecular flexibility index (Phi) is 4.92. The van der Waals surface area contributed by atoms with Crippen LogP contribution in [-0.2, 0) is 10.0 Å². The van der Waals surface area contributed by atoms with Crippen molar-refractivity contribution in [1.82, 2.24) is 9.62 Å². The number of piperidine rings is 1. The van der Waals surface area contributed by atoms with Gasteiger partial charge in [0.1, 0.15) is 11.5 Å². The highest BCUT2D eigenvalue weighted by Gasteiger charge is 2.27. The number of hydrogen-bond donors (Lipinski definition) is 2. The van der Waals surface area contributed by atoms with Gasteiger partial charge in [0.15, 0.2) is 0 Å². The van der Waals surface area contributed by atoms with E-state index in [9.17, 15) is 18.3 Å². The minimum Gasteiger partial charge on any atom is -0.507 e. The standard InChI is InChI=1S/C14H20N2O5S/c1-21-11-5-6-12(13(17)8-11)14(18)15-10-4-3-7-16(9-10)22(2,19)20/h5-6,8,10,17H,3-4,7,9H2,1-2H3,(H,15,18)/t10-/m1/s1. The summed E-state index contributed by atoms with van der Waals surface area (Å²) < 4.78 is 29.5. The van der Waals surface area contributed by atoms with Crippen LogP contribution in [0.15, 0.2) is 18.2 Å². The van der Waals surface area contributed by atoms with Crippen molar-refractivity contribution in [2.45, 2.75) is 18.9 Å². The fourth-order valence-electron chi connectivity index (χ4n) is 2.46. The number of sulfonamides is 1. The number of aromatic hydroxyl groups is 1. The smallest absolute Gasteiger partial charge is 0.255 e. The Labute approximate surface area is 129 Å². The summed E-state index contributed by atoms with van der Waals surface area (Å²) in [5, 5.41) is 12.6. The Morgan fingerprint density at radius 1 is 1.45 bits per heavy atom. The maximum absolute atomic E-state index is 12.2. The molecule has 1 aromatic carbocycles. The van der Waals surface area contributed by atoms with Crippen LogP contribution >= 0.6 is 0 Å². The molecule has 0 radical (unpaired) electrons. The molecule has 22 heavy (non-hydrogen) atoms. The summed E-state index contributed by atoms with van der Waals surface area (Å²) in [7, 11) is -1.79. The number of rotatable bonds is 4. The van der Waals surface area contributed by atoms with Gasteiger partial charge in [-0.3, -0.25) is 4.79 Å². The van der Waals surface area contributed by atoms with E-state index in [1.54, 1.807) is 6.07 Å². The highest BCUT2D eigenvalue weighted by atomic mass is 32.2. The number of benzene rings is 1. The van der Waals surface area contributed by atoms with E-state index in [0.29, 0.717) is 25.1 Å². The summed E-state index contributed by atoms with van der Waals surface area (Å²) in [6.07, 6.45) is 2.55. The summed E-state index contributed by atoms with van der Waals surface area (Å²) in [6, 6.07) is 4.15. The van der Waals surface area contributed by atoms with Gasteiger partial charge in [0, 0.05) is 25.2 Å². The molecule has 1 heterocycles. The first-order valence-electron chi connectivity index (χ1n) is 6.94. The van der Waals surface area contributed by atoms with E-state index in [2.05, 4.69) is 5.32 Å². The highest BCUT2D eigenvalue weighted by Crippen LogP contribution is 2.23. The number of phenols is 1. The van der Waals surface area contributed by atoms with Crippen molar-refractivity contribution in [3.8, 4) is 11.5 Å². The monoisotopic (exact) mass is 328 g/mol. The molecule has 7 nitrogen and oxygen atoms in total. The lowest BCUT2D eigenvalue weighted by atomic mass is 10.1. The second-order valence-corrected chi connectivity index (χ2v) is 7.30. The fourth-order valence-corrected chi connectivity index (χ4v) is 3.37. The van der Waals surface area contributed by atoms with E-state index in [1.165, 1.54) is 23.5 Å². The number of carbonyl (C=O) groups is 1. The molecule has 0 saturated carbocycles. The van der Waals surface area contributed by atoms with Crippen LogP contribution in [0.25, 0.3) is 0 Å². The Bertz CT molecular complexity index is 659. The molecule has 0 bridgehead atoms. The molecule has 1 atom stereocenters. The lowest BCUT2D eigenvalue weighted by Crippen LogP contribution is -2.49. The first-order valence-corrected chi connectivity index (χ1v) is 8.79. The van der Waals surface area contributed by atoms with E-state index >= 15 is 0 Å². The average molecular weight is 328 g/mol. The van der Waals surface area contributed by atoms with Crippen molar-refractivity contribution in [2.75, 3.05) is 26.5 Å². The molecule has 1 aliphatic rings. The SMILES string of the molecule is COc1ccc(C(=O)N[C@@H]2CCCN(S(C)(=O)=O)C2)c(O)c1. The molecule has 0 aliphatic carbocycles. The van der Waals surface area contributed by atoms with Gasteiger partial charge in [0.05, 0.1) is 18.9 Å². The molecule has 122 valence electrons. The van der Waals surface area contributed by atoms with Crippen LogP contribution in [-0.4, -0.2) is 56.2 Å². The molecule has 1 amide bonds. The number of methoxy groups -OCH3 is 1. The molecule has 1 aromatic rings. The van der Waals surface area contributed by atoms with Gasteiger partial charge >= 0.3 is 0 Å². The first kappa shape index (κ1) is 16.6. The third kappa shape index (κ3) is 3.89. The molecule has 2 rings (SSSR count). The summed E-state index contributed by atoms with van der Waals surface area (Å²) in [4.78, 5) is 12.2. The molecule has 1 saturated heterocycles. The Morgan fingerprint density at radius 2 is 2.18 bits per heavy atom. The molecule has 0 spiro atoms. The molecular formula is C14H20N2O5S. The van der Waals surface area contributed by atoms with Crippen molar-refractivity contribution < 1.29 is 23.1 Å². The Hall–Kier alpha value is -1.80. The highest BCUT2D eigenvalue weighted by molar-refractivity contribution is 7.88. The zero-order chi connectivity index (χ0) is 16.3. The molecule has 1 fully saturated rings. The molecular weight excluding hydrogens is 308 g/mol. The third-order valence-corrected chi connectivity index (χ3v) is 4.91. The van der Waals surface area contributed by atoms with Crippen molar-refractivity contribution in [3.63, 3.8) is 0 Å². The lowest BCUT2D eigenvalue weighted by molar-refractivity contribution is 0.0918. The summed E-state index contributed by atoms with van der Waals surface area (Å²) >= 11 is 0. The number of carbonyl (C=O) groups excluding carboxylic acids is 1. The van der Waals surface area contributed by atoms with E-state index in [0.717, 1.165) is 6.26 Å². The zero-order valence-electron chi connectivity index (χ0n) is 12.6. The Balaban J connectivity index is 2.05. The quantitative estimate of drug-likeness (QED) is 0.842. The molecule has 2 N–H and O–H groups in total. The van der Waals surface area contributed by atoms with Gasteiger partial charge in [0.25, 0.3) is 5.91 Å². The van der Waals surface area contributed by atoms with E-state index in [1.807, 2.05) is 0 Å². The van der Waals surface area contributed by atoms with Gasteiger partial charge in [-0.15, -0.1) is 0 Å². The maximum Gasteiger partial charge on any atom is 0.255 e. The number of ether oxygens (including phenoxy) is 1. The molecule has 0 unspecified atom stereocenters. The number of nitrogens with one attached hydrogen (secondary N) is 1. The zero-order valence-corrected chi connectivity index (χ0v) is 13.4. The van der Waals surface area contributed by atoms with Gasteiger partial charge in [-0.05, 0) is 25.0 Å². The number of hydrogen-bond acceptors (Lipinski definition) is 5. The molecule has 0 aromatic heterocycles. The molecule has 1 aliphatic heterocycles. The van der Waals surface area contributed by atoms with Crippen molar-refractivity contribution >= 4 is 15.9 Å². The van der Waals surface area contributed by atoms with Gasteiger partial charge in [-0.1, -0.05) is 0 Å². The van der Waals surface area contributed by atoms with Crippen molar-refractivity contribution in [2.24, 2.45) is 0 Å². The van der Waals surface area contributed by atoms with Gasteiger partial charge in [0.2, 0.25) is 10.0 Å². The minimum absolute atomic E-state index is 0.136. The summed E-state index contributed by atoms with van der Waals surface area (Å²) in [5.74, 6) is -0.150. The van der Waals surface area contributed by atoms with Gasteiger partial charge in [-0.25, -0.2) is 12.7 Å². The van der Waals surface area contributed by atoms with E-state index in [-0.39, 0.29) is 23.9 Å². The maximum atomic E-state index is 12.2. The largest absolute Gasteiger partial charge is 0.507 e. The Morgan fingerprint density at radius 3 is 2.77 bits per heavy atom. The van der Waals surface area contributed by atoms with Crippen LogP contribution in [0.3, 0.4) is 0 Å². The first-order chi connectivity index (χ1) is 10.3. The summed E-state index contributed by atoms with van der Waals surface area (Å²) in [5.41, 5.74) is 0.136. The summed E-state index contributed by atoms with van der Waals surface area (Å²) in [6.45, 7) is 0.723. The third-order valence-electron chi connectivity index (χ3n) is 3.64. The molecule has 8 heteroatoms. The topological polar surface area (TPSA) is 95.9 Å². The minimum atomic E-state index is -3.26. The van der Waals surface area contributed by atoms with E-state index in [4.69, 9.17) is 4.74 Å². The van der Waals surface area contributed by atoms with Crippen LogP contribution in [0.1, 0.15) is 23.2 Å². The van der Waals surface area contributed by atoms with Crippen LogP contribution < -0.4 is 10.1 Å². The van der Waals surface area contributed by atoms with Gasteiger partial charge < -0.3 is 15.2 Å². The lowest BCUT2D eigenvalue weighted by Gasteiger charge is -2.31. The van der Waals surface area contributed by atoms with Crippen LogP contribution in [0, 0.1) is 0 Å². The predicted octanol–water partition coefficient (Wildman–Crippen LogP) is 0.555. The average Bonchev–Trinajstić information content (AvgIpc) is 2.46. The van der Waals surface area contributed by atoms with Crippen LogP contribution in [0.5, 0.6) is 11.5 Å². The normalized spacial score (nSPS) is 19.6. The van der Waals surface area contributed by atoms with Gasteiger partial charge in [-0.2, -0.15) is 0 Å². The van der Waals surface area contributed by atoms with Crippen LogP contribution in [0.2, 0.25) is 0 Å². The second-order valence-electron chi connectivity index (χ2n) is 5.32. The van der Waals surface area contributed by atoms with E-state index < -0.39 is 15.9 Å². The van der Waals surface area contributed by atoms with Crippen molar-refractivity contribution in [3.05, 3.63) is 23.8 Å². The second kappa shape index (κ2) is 6.53. The number of nitrogens with zero attached hydrogens (tertiary/aromatic N) is 1. The predicted molar refractivity (Wildman–Crippen MR) is 81.6 cm³/mol. The number of phenolic OH excluding ortho intramolecular Hbond substituents is 1. The fraction of sp³-hybridized carbons (Fsp3) is 0.500.